The first-order valence-corrected chi connectivity index (χ1v) is 6.60. The lowest BCUT2D eigenvalue weighted by Gasteiger charge is -2.48. The lowest BCUT2D eigenvalue weighted by molar-refractivity contribution is -0.159. The number of carbonyl (C=O) groups is 2. The van der Waals surface area contributed by atoms with E-state index in [2.05, 4.69) is 19.2 Å². The van der Waals surface area contributed by atoms with Gasteiger partial charge >= 0.3 is 0 Å². The average molecular weight is 254 g/mol. The molecule has 18 heavy (non-hydrogen) atoms. The first-order valence-electron chi connectivity index (χ1n) is 6.60. The summed E-state index contributed by atoms with van der Waals surface area (Å²) in [6, 6.07) is -0.434. The molecule has 1 aliphatic heterocycles. The second kappa shape index (κ2) is 4.56. The van der Waals surface area contributed by atoms with Gasteiger partial charge in [0.1, 0.15) is 11.6 Å². The molecule has 1 N–H and O–H groups in total. The van der Waals surface area contributed by atoms with Crippen LogP contribution in [0.15, 0.2) is 0 Å². The Morgan fingerprint density at radius 3 is 2.17 bits per heavy atom. The van der Waals surface area contributed by atoms with Crippen LogP contribution in [0.2, 0.25) is 0 Å². The number of piperazine rings is 1. The van der Waals surface area contributed by atoms with Gasteiger partial charge in [0.15, 0.2) is 0 Å². The van der Waals surface area contributed by atoms with E-state index in [0.717, 1.165) is 0 Å². The maximum atomic E-state index is 12.6. The monoisotopic (exact) mass is 254 g/mol. The van der Waals surface area contributed by atoms with Crippen molar-refractivity contribution in [1.29, 1.82) is 0 Å². The molecule has 0 spiro atoms. The van der Waals surface area contributed by atoms with E-state index in [0.29, 0.717) is 12.5 Å². The van der Waals surface area contributed by atoms with Crippen molar-refractivity contribution in [3.8, 4) is 0 Å². The van der Waals surface area contributed by atoms with Gasteiger partial charge in [-0.25, -0.2) is 0 Å². The van der Waals surface area contributed by atoms with Crippen LogP contribution in [0.4, 0.5) is 0 Å². The van der Waals surface area contributed by atoms with Crippen LogP contribution >= 0.6 is 0 Å². The standard InChI is InChI=1S/C14H26N2O2/c1-9(2)8-16-11(17)10(13(3,4)5)15-12(18)14(16,6)7/h9-10H,8H2,1-7H3,(H,15,18). The van der Waals surface area contributed by atoms with Gasteiger partial charge in [0.05, 0.1) is 0 Å². The molecule has 1 rings (SSSR count). The highest BCUT2D eigenvalue weighted by Crippen LogP contribution is 2.29. The zero-order valence-corrected chi connectivity index (χ0v) is 12.6. The Hall–Kier alpha value is -1.06. The van der Waals surface area contributed by atoms with E-state index >= 15 is 0 Å². The summed E-state index contributed by atoms with van der Waals surface area (Å²) < 4.78 is 0. The van der Waals surface area contributed by atoms with Crippen molar-refractivity contribution in [2.75, 3.05) is 6.54 Å². The average Bonchev–Trinajstić information content (AvgIpc) is 2.17. The van der Waals surface area contributed by atoms with E-state index < -0.39 is 11.6 Å². The fourth-order valence-electron chi connectivity index (χ4n) is 2.19. The van der Waals surface area contributed by atoms with E-state index in [9.17, 15) is 9.59 Å². The van der Waals surface area contributed by atoms with E-state index in [-0.39, 0.29) is 17.2 Å². The topological polar surface area (TPSA) is 49.4 Å². The van der Waals surface area contributed by atoms with E-state index in [4.69, 9.17) is 0 Å². The Labute approximate surface area is 110 Å². The van der Waals surface area contributed by atoms with Crippen LogP contribution in [0, 0.1) is 11.3 Å². The molecule has 0 aromatic carbocycles. The van der Waals surface area contributed by atoms with Crippen LogP contribution in [-0.4, -0.2) is 34.8 Å². The predicted octanol–water partition coefficient (Wildman–Crippen LogP) is 1.79. The third-order valence-corrected chi connectivity index (χ3v) is 3.43. The number of nitrogens with zero attached hydrogens (tertiary/aromatic N) is 1. The maximum Gasteiger partial charge on any atom is 0.246 e. The number of rotatable bonds is 2. The highest BCUT2D eigenvalue weighted by molar-refractivity contribution is 5.99. The second-order valence-electron chi connectivity index (χ2n) is 7.17. The van der Waals surface area contributed by atoms with Crippen molar-refractivity contribution < 1.29 is 9.59 Å². The zero-order chi connectivity index (χ0) is 14.3. The van der Waals surface area contributed by atoms with Gasteiger partial charge in [-0.1, -0.05) is 34.6 Å². The Kier molecular flexibility index (Phi) is 3.80. The predicted molar refractivity (Wildman–Crippen MR) is 72.0 cm³/mol. The van der Waals surface area contributed by atoms with Crippen molar-refractivity contribution in [2.45, 2.75) is 60.0 Å². The van der Waals surface area contributed by atoms with Crippen LogP contribution in [0.5, 0.6) is 0 Å². The minimum absolute atomic E-state index is 0.0285. The Bertz CT molecular complexity index is 353. The summed E-state index contributed by atoms with van der Waals surface area (Å²) in [4.78, 5) is 26.5. The van der Waals surface area contributed by atoms with Crippen LogP contribution in [0.3, 0.4) is 0 Å². The molecule has 104 valence electrons. The fraction of sp³-hybridized carbons (Fsp3) is 0.857. The summed E-state index contributed by atoms with van der Waals surface area (Å²) in [5.74, 6) is 0.309. The van der Waals surface area contributed by atoms with Gasteiger partial charge in [0, 0.05) is 6.54 Å². The smallest absolute Gasteiger partial charge is 0.246 e. The van der Waals surface area contributed by atoms with Gasteiger partial charge in [-0.15, -0.1) is 0 Å². The Morgan fingerprint density at radius 1 is 1.28 bits per heavy atom. The maximum absolute atomic E-state index is 12.6. The van der Waals surface area contributed by atoms with E-state index in [1.54, 1.807) is 4.90 Å². The molecule has 0 aromatic heterocycles. The first-order chi connectivity index (χ1) is 7.98. The SMILES string of the molecule is CC(C)CN1C(=O)C(C(C)(C)C)NC(=O)C1(C)C. The van der Waals surface area contributed by atoms with Crippen LogP contribution in [-0.2, 0) is 9.59 Å². The summed E-state index contributed by atoms with van der Waals surface area (Å²) in [6.07, 6.45) is 0. The fourth-order valence-corrected chi connectivity index (χ4v) is 2.19. The molecule has 0 radical (unpaired) electrons. The van der Waals surface area contributed by atoms with Crippen molar-refractivity contribution >= 4 is 11.8 Å². The van der Waals surface area contributed by atoms with Crippen LogP contribution < -0.4 is 5.32 Å². The number of hydrogen-bond donors (Lipinski definition) is 1. The van der Waals surface area contributed by atoms with Gasteiger partial charge in [0.2, 0.25) is 11.8 Å². The highest BCUT2D eigenvalue weighted by Gasteiger charge is 2.49. The summed E-state index contributed by atoms with van der Waals surface area (Å²) in [6.45, 7) is 14.3. The first kappa shape index (κ1) is 15.0. The summed E-state index contributed by atoms with van der Waals surface area (Å²) in [7, 11) is 0. The van der Waals surface area contributed by atoms with Gasteiger partial charge in [0.25, 0.3) is 0 Å². The largest absolute Gasteiger partial charge is 0.342 e. The molecule has 1 fully saturated rings. The van der Waals surface area contributed by atoms with Crippen LogP contribution in [0.1, 0.15) is 48.5 Å². The zero-order valence-electron chi connectivity index (χ0n) is 12.6. The van der Waals surface area contributed by atoms with Crippen molar-refractivity contribution in [1.82, 2.24) is 10.2 Å². The minimum atomic E-state index is -0.761. The third-order valence-electron chi connectivity index (χ3n) is 3.43. The molecule has 0 bridgehead atoms. The van der Waals surface area contributed by atoms with Crippen molar-refractivity contribution in [3.05, 3.63) is 0 Å². The quantitative estimate of drug-likeness (QED) is 0.817. The Morgan fingerprint density at radius 2 is 1.78 bits per heavy atom. The van der Waals surface area contributed by atoms with Gasteiger partial charge in [-0.3, -0.25) is 9.59 Å². The number of hydrogen-bond acceptors (Lipinski definition) is 2. The lowest BCUT2D eigenvalue weighted by Crippen LogP contribution is -2.71. The number of nitrogens with one attached hydrogen (secondary N) is 1. The molecule has 1 heterocycles. The number of amides is 2. The summed E-state index contributed by atoms with van der Waals surface area (Å²) >= 11 is 0. The van der Waals surface area contributed by atoms with E-state index in [1.807, 2.05) is 34.6 Å². The molecular weight excluding hydrogens is 228 g/mol. The summed E-state index contributed by atoms with van der Waals surface area (Å²) in [5.41, 5.74) is -1.03. The molecule has 2 amide bonds. The van der Waals surface area contributed by atoms with E-state index in [1.165, 1.54) is 0 Å². The molecule has 0 aromatic rings. The van der Waals surface area contributed by atoms with Gasteiger partial charge in [-0.2, -0.15) is 0 Å². The molecule has 4 nitrogen and oxygen atoms in total. The molecule has 1 unspecified atom stereocenters. The highest BCUT2D eigenvalue weighted by atomic mass is 16.2. The molecule has 0 saturated carbocycles. The van der Waals surface area contributed by atoms with Gasteiger partial charge < -0.3 is 10.2 Å². The summed E-state index contributed by atoms with van der Waals surface area (Å²) in [5, 5.41) is 2.87. The van der Waals surface area contributed by atoms with Crippen molar-refractivity contribution in [2.24, 2.45) is 11.3 Å². The van der Waals surface area contributed by atoms with Crippen LogP contribution in [0.25, 0.3) is 0 Å². The molecule has 1 aliphatic rings. The normalized spacial score (nSPS) is 24.4. The third kappa shape index (κ3) is 2.68. The Balaban J connectivity index is 3.10. The number of carbonyl (C=O) groups excluding carboxylic acids is 2. The van der Waals surface area contributed by atoms with Gasteiger partial charge in [-0.05, 0) is 25.2 Å². The molecular formula is C14H26N2O2. The minimum Gasteiger partial charge on any atom is -0.342 e. The molecule has 1 atom stereocenters. The second-order valence-corrected chi connectivity index (χ2v) is 7.17. The van der Waals surface area contributed by atoms with Crippen molar-refractivity contribution in [3.63, 3.8) is 0 Å². The molecule has 0 aliphatic carbocycles. The molecule has 1 saturated heterocycles. The lowest BCUT2D eigenvalue weighted by atomic mass is 9.81. The molecule has 4 heteroatoms.